The van der Waals surface area contributed by atoms with Crippen molar-refractivity contribution >= 4 is 11.8 Å². The van der Waals surface area contributed by atoms with Crippen molar-refractivity contribution in [1.82, 2.24) is 15.2 Å². The van der Waals surface area contributed by atoms with Gasteiger partial charge in [0, 0.05) is 43.2 Å². The lowest BCUT2D eigenvalue weighted by atomic mass is 10.2. The molecule has 2 heterocycles. The lowest BCUT2D eigenvalue weighted by Crippen LogP contribution is -2.39. The zero-order chi connectivity index (χ0) is 16.9. The fourth-order valence-electron chi connectivity index (χ4n) is 2.45. The quantitative estimate of drug-likeness (QED) is 0.920. The smallest absolute Gasteiger partial charge is 0.260 e. The number of benzene rings is 1. The average molecular weight is 329 g/mol. The molecule has 1 N–H and O–H groups in total. The summed E-state index contributed by atoms with van der Waals surface area (Å²) in [6, 6.07) is 7.40. The van der Waals surface area contributed by atoms with E-state index in [0.717, 1.165) is 0 Å². The van der Waals surface area contributed by atoms with E-state index in [1.165, 1.54) is 35.5 Å². The van der Waals surface area contributed by atoms with Crippen LogP contribution in [0.4, 0.5) is 4.39 Å². The first-order valence-corrected chi connectivity index (χ1v) is 7.51. The summed E-state index contributed by atoms with van der Waals surface area (Å²) in [6.45, 7) is 0.750. The topological polar surface area (TPSA) is 71.5 Å². The number of ether oxygens (including phenoxy) is 1. The van der Waals surface area contributed by atoms with E-state index in [9.17, 15) is 14.0 Å². The van der Waals surface area contributed by atoms with Crippen LogP contribution in [0.3, 0.4) is 0 Å². The molecular weight excluding hydrogens is 313 g/mol. The number of halogens is 1. The van der Waals surface area contributed by atoms with Gasteiger partial charge in [0.15, 0.2) is 6.61 Å². The van der Waals surface area contributed by atoms with Crippen LogP contribution in [0.25, 0.3) is 0 Å². The van der Waals surface area contributed by atoms with Crippen LogP contribution in [0, 0.1) is 5.82 Å². The third-order valence-corrected chi connectivity index (χ3v) is 3.70. The molecule has 1 aromatic carbocycles. The number of hydrogen-bond acceptors (Lipinski definition) is 4. The molecule has 124 valence electrons. The molecule has 24 heavy (non-hydrogen) atoms. The number of carbonyl (C=O) groups excluding carboxylic acids is 2. The maximum atomic E-state index is 13.4. The number of nitrogens with one attached hydrogen (secondary N) is 1. The van der Waals surface area contributed by atoms with E-state index in [-0.39, 0.29) is 37.3 Å². The SMILES string of the molecule is O=C(NCCN1Cc2cc(F)ccc2OCC1=O)c1ccncc1. The van der Waals surface area contributed by atoms with Crippen LogP contribution in [0.15, 0.2) is 42.7 Å². The second-order valence-electron chi connectivity index (χ2n) is 5.35. The molecule has 0 atom stereocenters. The number of fused-ring (bicyclic) bond motifs is 1. The summed E-state index contributed by atoms with van der Waals surface area (Å²) in [5.74, 6) is -0.308. The van der Waals surface area contributed by atoms with Crippen LogP contribution < -0.4 is 10.1 Å². The molecule has 0 unspecified atom stereocenters. The van der Waals surface area contributed by atoms with Crippen molar-refractivity contribution in [2.24, 2.45) is 0 Å². The van der Waals surface area contributed by atoms with E-state index in [1.807, 2.05) is 0 Å². The number of pyridine rings is 1. The standard InChI is InChI=1S/C17H16FN3O3/c18-14-1-2-15-13(9-14)10-21(16(22)11-24-15)8-7-20-17(23)12-3-5-19-6-4-12/h1-6,9H,7-8,10-11H2,(H,20,23). The monoisotopic (exact) mass is 329 g/mol. The van der Waals surface area contributed by atoms with Crippen LogP contribution >= 0.6 is 0 Å². The van der Waals surface area contributed by atoms with Crippen LogP contribution in [0.2, 0.25) is 0 Å². The molecule has 0 spiro atoms. The number of rotatable bonds is 4. The third kappa shape index (κ3) is 3.68. The molecule has 1 aliphatic rings. The minimum absolute atomic E-state index is 0.100. The molecule has 0 radical (unpaired) electrons. The van der Waals surface area contributed by atoms with E-state index < -0.39 is 0 Å². The normalized spacial score (nSPS) is 13.7. The van der Waals surface area contributed by atoms with Gasteiger partial charge >= 0.3 is 0 Å². The molecular formula is C17H16FN3O3. The molecule has 2 aromatic rings. The van der Waals surface area contributed by atoms with Crippen LogP contribution in [0.5, 0.6) is 5.75 Å². The van der Waals surface area contributed by atoms with Gasteiger partial charge in [-0.25, -0.2) is 4.39 Å². The van der Waals surface area contributed by atoms with Crippen molar-refractivity contribution in [1.29, 1.82) is 0 Å². The Morgan fingerprint density at radius 2 is 2.08 bits per heavy atom. The maximum Gasteiger partial charge on any atom is 0.260 e. The Balaban J connectivity index is 1.60. The number of nitrogens with zero attached hydrogens (tertiary/aromatic N) is 2. The average Bonchev–Trinajstić information content (AvgIpc) is 2.75. The Morgan fingerprint density at radius 3 is 2.88 bits per heavy atom. The zero-order valence-corrected chi connectivity index (χ0v) is 12.9. The Hall–Kier alpha value is -2.96. The molecule has 1 aliphatic heterocycles. The molecule has 6 nitrogen and oxygen atoms in total. The minimum atomic E-state index is -0.377. The van der Waals surface area contributed by atoms with Crippen molar-refractivity contribution < 1.29 is 18.7 Å². The first-order valence-electron chi connectivity index (χ1n) is 7.51. The van der Waals surface area contributed by atoms with E-state index in [4.69, 9.17) is 4.74 Å². The van der Waals surface area contributed by atoms with Crippen LogP contribution in [-0.4, -0.2) is 41.4 Å². The van der Waals surface area contributed by atoms with Gasteiger partial charge in [-0.2, -0.15) is 0 Å². The fraction of sp³-hybridized carbons (Fsp3) is 0.235. The molecule has 3 rings (SSSR count). The van der Waals surface area contributed by atoms with Gasteiger partial charge in [0.1, 0.15) is 11.6 Å². The molecule has 2 amide bonds. The lowest BCUT2D eigenvalue weighted by molar-refractivity contribution is -0.133. The minimum Gasteiger partial charge on any atom is -0.483 e. The summed E-state index contributed by atoms with van der Waals surface area (Å²) in [6.07, 6.45) is 3.08. The number of hydrogen-bond donors (Lipinski definition) is 1. The Kier molecular flexibility index (Phi) is 4.69. The Labute approximate surface area is 138 Å². The molecule has 0 aliphatic carbocycles. The Morgan fingerprint density at radius 1 is 1.29 bits per heavy atom. The molecule has 0 fully saturated rings. The largest absolute Gasteiger partial charge is 0.483 e. The lowest BCUT2D eigenvalue weighted by Gasteiger charge is -2.20. The number of amides is 2. The van der Waals surface area contributed by atoms with Crippen molar-refractivity contribution in [3.05, 3.63) is 59.7 Å². The summed E-state index contributed by atoms with van der Waals surface area (Å²) in [7, 11) is 0. The van der Waals surface area contributed by atoms with Crippen LogP contribution in [0.1, 0.15) is 15.9 Å². The van der Waals surface area contributed by atoms with Gasteiger partial charge in [0.25, 0.3) is 11.8 Å². The van der Waals surface area contributed by atoms with E-state index >= 15 is 0 Å². The van der Waals surface area contributed by atoms with Crippen molar-refractivity contribution in [2.45, 2.75) is 6.54 Å². The Bertz CT molecular complexity index is 752. The zero-order valence-electron chi connectivity index (χ0n) is 12.9. The van der Waals surface area contributed by atoms with Crippen molar-refractivity contribution in [2.75, 3.05) is 19.7 Å². The fourth-order valence-corrected chi connectivity index (χ4v) is 2.45. The van der Waals surface area contributed by atoms with Gasteiger partial charge in [-0.15, -0.1) is 0 Å². The predicted molar refractivity (Wildman–Crippen MR) is 83.9 cm³/mol. The van der Waals surface area contributed by atoms with Crippen LogP contribution in [-0.2, 0) is 11.3 Å². The summed E-state index contributed by atoms with van der Waals surface area (Å²) in [5, 5.41) is 2.75. The van der Waals surface area contributed by atoms with Gasteiger partial charge in [-0.1, -0.05) is 0 Å². The second kappa shape index (κ2) is 7.08. The summed E-state index contributed by atoms with van der Waals surface area (Å²) < 4.78 is 18.8. The summed E-state index contributed by atoms with van der Waals surface area (Å²) >= 11 is 0. The highest BCUT2D eigenvalue weighted by molar-refractivity contribution is 5.94. The highest BCUT2D eigenvalue weighted by Gasteiger charge is 2.21. The highest BCUT2D eigenvalue weighted by Crippen LogP contribution is 2.24. The highest BCUT2D eigenvalue weighted by atomic mass is 19.1. The third-order valence-electron chi connectivity index (χ3n) is 3.70. The first kappa shape index (κ1) is 15.9. The number of carbonyl (C=O) groups is 2. The molecule has 7 heteroatoms. The molecule has 0 saturated heterocycles. The van der Waals surface area contributed by atoms with E-state index in [2.05, 4.69) is 10.3 Å². The van der Waals surface area contributed by atoms with E-state index in [1.54, 1.807) is 12.1 Å². The molecule has 0 saturated carbocycles. The van der Waals surface area contributed by atoms with Gasteiger partial charge in [-0.05, 0) is 30.3 Å². The van der Waals surface area contributed by atoms with Gasteiger partial charge in [0.2, 0.25) is 0 Å². The summed E-state index contributed by atoms with van der Waals surface area (Å²) in [4.78, 5) is 29.5. The van der Waals surface area contributed by atoms with Crippen molar-refractivity contribution in [3.8, 4) is 5.75 Å². The van der Waals surface area contributed by atoms with Crippen molar-refractivity contribution in [3.63, 3.8) is 0 Å². The van der Waals surface area contributed by atoms with Gasteiger partial charge in [-0.3, -0.25) is 14.6 Å². The molecule has 1 aromatic heterocycles. The second-order valence-corrected chi connectivity index (χ2v) is 5.35. The molecule has 0 bridgehead atoms. The summed E-state index contributed by atoms with van der Waals surface area (Å²) in [5.41, 5.74) is 1.12. The van der Waals surface area contributed by atoms with E-state index in [0.29, 0.717) is 23.4 Å². The number of aromatic nitrogens is 1. The first-order chi connectivity index (χ1) is 11.6. The van der Waals surface area contributed by atoms with Gasteiger partial charge < -0.3 is 15.0 Å². The predicted octanol–water partition coefficient (Wildman–Crippen LogP) is 1.37. The van der Waals surface area contributed by atoms with Gasteiger partial charge in [0.05, 0.1) is 0 Å². The maximum absolute atomic E-state index is 13.4.